The summed E-state index contributed by atoms with van der Waals surface area (Å²) in [6.07, 6.45) is 2.60. The van der Waals surface area contributed by atoms with Crippen LogP contribution in [0.25, 0.3) is 11.0 Å². The quantitative estimate of drug-likeness (QED) is 0.422. The van der Waals surface area contributed by atoms with Crippen molar-refractivity contribution < 1.29 is 19.1 Å². The predicted molar refractivity (Wildman–Crippen MR) is 93.0 cm³/mol. The van der Waals surface area contributed by atoms with Gasteiger partial charge in [0.15, 0.2) is 5.78 Å². The van der Waals surface area contributed by atoms with Crippen LogP contribution in [0.3, 0.4) is 0 Å². The number of hydrogen-bond donors (Lipinski definition) is 2. The number of ketones is 1. The van der Waals surface area contributed by atoms with Gasteiger partial charge in [0.05, 0.1) is 5.56 Å². The van der Waals surface area contributed by atoms with Gasteiger partial charge in [-0.15, -0.1) is 0 Å². The summed E-state index contributed by atoms with van der Waals surface area (Å²) in [5, 5.41) is 12.3. The molecule has 6 nitrogen and oxygen atoms in total. The average Bonchev–Trinajstić information content (AvgIpc) is 2.61. The number of aromatic carboxylic acids is 1. The first-order valence-electron chi connectivity index (χ1n) is 7.38. The fraction of sp³-hybridized carbons (Fsp3) is 0. The fourth-order valence-electron chi connectivity index (χ4n) is 2.25. The number of rotatable bonds is 5. The summed E-state index contributed by atoms with van der Waals surface area (Å²) in [6, 6.07) is 14.5. The van der Waals surface area contributed by atoms with E-state index in [0.29, 0.717) is 16.7 Å². The summed E-state index contributed by atoms with van der Waals surface area (Å²) >= 11 is 0. The number of carboxylic acids is 1. The molecule has 6 heteroatoms. The molecule has 0 aliphatic rings. The minimum Gasteiger partial charge on any atom is -0.478 e. The summed E-state index contributed by atoms with van der Waals surface area (Å²) in [4.78, 5) is 34.9. The standard InChI is InChI=1S/C19H13NO5/c21-16(9-10-20-14-7-5-12(6-8-14)18(22)23)15-11-13-3-1-2-4-17(13)25-19(15)24/h1-11,20H,(H,22,23)/b10-9+. The summed E-state index contributed by atoms with van der Waals surface area (Å²) < 4.78 is 5.13. The Morgan fingerprint density at radius 2 is 1.76 bits per heavy atom. The molecule has 1 aromatic heterocycles. The molecule has 3 aromatic rings. The van der Waals surface area contributed by atoms with Crippen molar-refractivity contribution in [2.45, 2.75) is 0 Å². The van der Waals surface area contributed by atoms with E-state index in [1.165, 1.54) is 30.5 Å². The third kappa shape index (κ3) is 3.64. The van der Waals surface area contributed by atoms with Gasteiger partial charge in [0, 0.05) is 23.3 Å². The Hall–Kier alpha value is -3.67. The Labute approximate surface area is 142 Å². The van der Waals surface area contributed by atoms with E-state index < -0.39 is 17.4 Å². The van der Waals surface area contributed by atoms with Crippen LogP contribution in [0.4, 0.5) is 5.69 Å². The zero-order valence-electron chi connectivity index (χ0n) is 12.9. The minimum absolute atomic E-state index is 0.0574. The largest absolute Gasteiger partial charge is 0.478 e. The second-order valence-electron chi connectivity index (χ2n) is 5.21. The van der Waals surface area contributed by atoms with Crippen LogP contribution in [0.1, 0.15) is 20.7 Å². The van der Waals surface area contributed by atoms with Crippen LogP contribution in [-0.2, 0) is 0 Å². The molecular formula is C19H13NO5. The molecule has 0 aliphatic heterocycles. The minimum atomic E-state index is -1.01. The zero-order valence-corrected chi connectivity index (χ0v) is 12.9. The van der Waals surface area contributed by atoms with Crippen molar-refractivity contribution >= 4 is 28.4 Å². The van der Waals surface area contributed by atoms with Crippen molar-refractivity contribution in [3.05, 3.63) is 88.4 Å². The topological polar surface area (TPSA) is 96.6 Å². The van der Waals surface area contributed by atoms with Gasteiger partial charge >= 0.3 is 11.6 Å². The van der Waals surface area contributed by atoms with Gasteiger partial charge in [0.25, 0.3) is 0 Å². The van der Waals surface area contributed by atoms with Crippen molar-refractivity contribution in [3.63, 3.8) is 0 Å². The number of anilines is 1. The third-order valence-corrected chi connectivity index (χ3v) is 3.52. The Kier molecular flexibility index (Phi) is 4.43. The summed E-state index contributed by atoms with van der Waals surface area (Å²) in [7, 11) is 0. The van der Waals surface area contributed by atoms with Crippen LogP contribution in [0.2, 0.25) is 0 Å². The maximum absolute atomic E-state index is 12.2. The lowest BCUT2D eigenvalue weighted by molar-refractivity contribution is 0.0696. The maximum Gasteiger partial charge on any atom is 0.347 e. The molecule has 25 heavy (non-hydrogen) atoms. The number of carbonyl (C=O) groups excluding carboxylic acids is 1. The molecule has 3 rings (SSSR count). The van der Waals surface area contributed by atoms with Crippen LogP contribution in [0.15, 0.2) is 76.1 Å². The van der Waals surface area contributed by atoms with Crippen molar-refractivity contribution in [1.29, 1.82) is 0 Å². The summed E-state index contributed by atoms with van der Waals surface area (Å²) in [6.45, 7) is 0. The molecule has 0 spiro atoms. The first kappa shape index (κ1) is 16.2. The number of fused-ring (bicyclic) bond motifs is 1. The highest BCUT2D eigenvalue weighted by Crippen LogP contribution is 2.13. The van der Waals surface area contributed by atoms with Crippen molar-refractivity contribution in [2.24, 2.45) is 0 Å². The Morgan fingerprint density at radius 3 is 2.48 bits per heavy atom. The van der Waals surface area contributed by atoms with E-state index in [1.807, 2.05) is 0 Å². The monoisotopic (exact) mass is 335 g/mol. The van der Waals surface area contributed by atoms with Gasteiger partial charge in [-0.1, -0.05) is 18.2 Å². The lowest BCUT2D eigenvalue weighted by Crippen LogP contribution is -2.12. The molecule has 0 atom stereocenters. The molecule has 0 fully saturated rings. The first-order valence-corrected chi connectivity index (χ1v) is 7.38. The van der Waals surface area contributed by atoms with Crippen molar-refractivity contribution in [3.8, 4) is 0 Å². The van der Waals surface area contributed by atoms with E-state index in [0.717, 1.165) is 0 Å². The second-order valence-corrected chi connectivity index (χ2v) is 5.21. The number of carboxylic acid groups (broad SMARTS) is 1. The van der Waals surface area contributed by atoms with E-state index >= 15 is 0 Å². The lowest BCUT2D eigenvalue weighted by atomic mass is 10.1. The zero-order chi connectivity index (χ0) is 17.8. The summed E-state index contributed by atoms with van der Waals surface area (Å²) in [5.41, 5.74) is 0.445. The molecule has 0 unspecified atom stereocenters. The summed E-state index contributed by atoms with van der Waals surface area (Å²) in [5.74, 6) is -1.51. The van der Waals surface area contributed by atoms with E-state index in [1.54, 1.807) is 36.4 Å². The van der Waals surface area contributed by atoms with Gasteiger partial charge in [0.1, 0.15) is 11.1 Å². The average molecular weight is 335 g/mol. The molecule has 0 bridgehead atoms. The lowest BCUT2D eigenvalue weighted by Gasteiger charge is -2.01. The van der Waals surface area contributed by atoms with Crippen LogP contribution >= 0.6 is 0 Å². The van der Waals surface area contributed by atoms with Crippen LogP contribution < -0.4 is 10.9 Å². The van der Waals surface area contributed by atoms with E-state index in [2.05, 4.69) is 5.32 Å². The highest BCUT2D eigenvalue weighted by molar-refractivity contribution is 6.05. The molecular weight excluding hydrogens is 322 g/mol. The predicted octanol–water partition coefficient (Wildman–Crippen LogP) is 3.30. The molecule has 0 saturated carbocycles. The molecule has 124 valence electrons. The third-order valence-electron chi connectivity index (χ3n) is 3.52. The maximum atomic E-state index is 12.2. The van der Waals surface area contributed by atoms with Gasteiger partial charge in [-0.25, -0.2) is 9.59 Å². The normalized spacial score (nSPS) is 10.9. The van der Waals surface area contributed by atoms with Gasteiger partial charge in [0.2, 0.25) is 0 Å². The molecule has 0 amide bonds. The smallest absolute Gasteiger partial charge is 0.347 e. The van der Waals surface area contributed by atoms with E-state index in [-0.39, 0.29) is 11.1 Å². The molecule has 0 saturated heterocycles. The molecule has 0 aliphatic carbocycles. The van der Waals surface area contributed by atoms with Crippen LogP contribution in [-0.4, -0.2) is 16.9 Å². The second kappa shape index (κ2) is 6.84. The number of allylic oxidation sites excluding steroid dienone is 1. The van der Waals surface area contributed by atoms with Gasteiger partial charge < -0.3 is 14.8 Å². The first-order chi connectivity index (χ1) is 12.0. The Bertz CT molecular complexity index is 1030. The van der Waals surface area contributed by atoms with Crippen LogP contribution in [0.5, 0.6) is 0 Å². The van der Waals surface area contributed by atoms with Gasteiger partial charge in [-0.2, -0.15) is 0 Å². The fourth-order valence-corrected chi connectivity index (χ4v) is 2.25. The number of carbonyl (C=O) groups is 2. The van der Waals surface area contributed by atoms with Crippen LogP contribution in [0, 0.1) is 0 Å². The van der Waals surface area contributed by atoms with Crippen molar-refractivity contribution in [2.75, 3.05) is 5.32 Å². The number of hydrogen-bond acceptors (Lipinski definition) is 5. The Balaban J connectivity index is 1.75. The molecule has 1 heterocycles. The molecule has 2 aromatic carbocycles. The number of nitrogens with one attached hydrogen (secondary N) is 1. The Morgan fingerprint density at radius 1 is 1.04 bits per heavy atom. The van der Waals surface area contributed by atoms with Crippen molar-refractivity contribution in [1.82, 2.24) is 0 Å². The number of para-hydroxylation sites is 1. The highest BCUT2D eigenvalue weighted by Gasteiger charge is 2.10. The SMILES string of the molecule is O=C(O)c1ccc(N/C=C/C(=O)c2cc3ccccc3oc2=O)cc1. The molecule has 0 radical (unpaired) electrons. The van der Waals surface area contributed by atoms with E-state index in [4.69, 9.17) is 9.52 Å². The van der Waals surface area contributed by atoms with Gasteiger partial charge in [-0.3, -0.25) is 4.79 Å². The van der Waals surface area contributed by atoms with Gasteiger partial charge in [-0.05, 0) is 36.4 Å². The van der Waals surface area contributed by atoms with E-state index in [9.17, 15) is 14.4 Å². The highest BCUT2D eigenvalue weighted by atomic mass is 16.4. The number of benzene rings is 2. The molecule has 2 N–H and O–H groups in total.